The molecule has 4 heteroatoms. The van der Waals surface area contributed by atoms with Gasteiger partial charge in [0.05, 0.1) is 6.61 Å². The Balaban J connectivity index is 1.76. The van der Waals surface area contributed by atoms with Crippen molar-refractivity contribution >= 4 is 5.91 Å². The molecule has 2 rings (SSSR count). The second-order valence-electron chi connectivity index (χ2n) is 5.38. The molecule has 1 saturated heterocycles. The van der Waals surface area contributed by atoms with Crippen LogP contribution in [0.1, 0.15) is 25.0 Å². The highest BCUT2D eigenvalue weighted by Crippen LogP contribution is 2.16. The molecule has 1 aliphatic heterocycles. The summed E-state index contributed by atoms with van der Waals surface area (Å²) >= 11 is 0. The van der Waals surface area contributed by atoms with Crippen LogP contribution in [0.3, 0.4) is 0 Å². The molecule has 1 fully saturated rings. The Kier molecular flexibility index (Phi) is 5.56. The minimum atomic E-state index is 0.0912. The van der Waals surface area contributed by atoms with Gasteiger partial charge in [-0.15, -0.1) is 0 Å². The number of hydrogen-bond acceptors (Lipinski definition) is 3. The molecule has 110 valence electrons. The molecule has 0 aliphatic carbocycles. The SMILES string of the molecule is CCOCc1ccc(CNC(=O)C(C)C2CNC2)cc1. The Labute approximate surface area is 120 Å². The molecule has 1 aromatic carbocycles. The van der Waals surface area contributed by atoms with Crippen molar-refractivity contribution in [3.63, 3.8) is 0 Å². The lowest BCUT2D eigenvalue weighted by Crippen LogP contribution is -2.49. The average molecular weight is 276 g/mol. The van der Waals surface area contributed by atoms with Gasteiger partial charge in [-0.05, 0) is 37.1 Å². The number of rotatable bonds is 7. The molecule has 2 N–H and O–H groups in total. The molecule has 0 spiro atoms. The van der Waals surface area contributed by atoms with Crippen LogP contribution in [0.25, 0.3) is 0 Å². The fraction of sp³-hybridized carbons (Fsp3) is 0.562. The van der Waals surface area contributed by atoms with Crippen molar-refractivity contribution in [2.24, 2.45) is 11.8 Å². The molecule has 0 radical (unpaired) electrons. The van der Waals surface area contributed by atoms with Crippen molar-refractivity contribution in [3.05, 3.63) is 35.4 Å². The Bertz CT molecular complexity index is 427. The number of amides is 1. The van der Waals surface area contributed by atoms with E-state index in [9.17, 15) is 4.79 Å². The standard InChI is InChI=1S/C16H24N2O2/c1-3-20-11-14-6-4-13(5-7-14)8-18-16(19)12(2)15-9-17-10-15/h4-7,12,15,17H,3,8-11H2,1-2H3,(H,18,19). The molecule has 1 amide bonds. The summed E-state index contributed by atoms with van der Waals surface area (Å²) in [5.41, 5.74) is 2.29. The first kappa shape index (κ1) is 15.0. The van der Waals surface area contributed by atoms with E-state index >= 15 is 0 Å². The first-order valence-electron chi connectivity index (χ1n) is 7.34. The summed E-state index contributed by atoms with van der Waals surface area (Å²) < 4.78 is 5.36. The third-order valence-corrected chi connectivity index (χ3v) is 3.90. The van der Waals surface area contributed by atoms with E-state index in [2.05, 4.69) is 22.8 Å². The van der Waals surface area contributed by atoms with Crippen LogP contribution < -0.4 is 10.6 Å². The van der Waals surface area contributed by atoms with Crippen LogP contribution in [0.2, 0.25) is 0 Å². The molecule has 4 nitrogen and oxygen atoms in total. The maximum Gasteiger partial charge on any atom is 0.223 e. The van der Waals surface area contributed by atoms with Gasteiger partial charge in [0.1, 0.15) is 0 Å². The number of benzene rings is 1. The molecule has 1 aliphatic rings. The molecule has 0 saturated carbocycles. The Morgan fingerprint density at radius 1 is 1.35 bits per heavy atom. The second-order valence-corrected chi connectivity index (χ2v) is 5.38. The van der Waals surface area contributed by atoms with Gasteiger partial charge in [0.2, 0.25) is 5.91 Å². The third-order valence-electron chi connectivity index (χ3n) is 3.90. The fourth-order valence-electron chi connectivity index (χ4n) is 2.20. The fourth-order valence-corrected chi connectivity index (χ4v) is 2.20. The highest BCUT2D eigenvalue weighted by Gasteiger charge is 2.28. The molecule has 1 aromatic rings. The highest BCUT2D eigenvalue weighted by molar-refractivity contribution is 5.78. The van der Waals surface area contributed by atoms with Gasteiger partial charge in [-0.1, -0.05) is 31.2 Å². The van der Waals surface area contributed by atoms with Gasteiger partial charge in [-0.2, -0.15) is 0 Å². The van der Waals surface area contributed by atoms with E-state index in [4.69, 9.17) is 4.74 Å². The third kappa shape index (κ3) is 4.05. The number of nitrogens with one attached hydrogen (secondary N) is 2. The predicted molar refractivity (Wildman–Crippen MR) is 79.1 cm³/mol. The van der Waals surface area contributed by atoms with Crippen molar-refractivity contribution in [1.29, 1.82) is 0 Å². The minimum Gasteiger partial charge on any atom is -0.377 e. The van der Waals surface area contributed by atoms with Crippen molar-refractivity contribution in [3.8, 4) is 0 Å². The van der Waals surface area contributed by atoms with Gasteiger partial charge >= 0.3 is 0 Å². The van der Waals surface area contributed by atoms with E-state index in [-0.39, 0.29) is 11.8 Å². The summed E-state index contributed by atoms with van der Waals surface area (Å²) in [5.74, 6) is 0.729. The smallest absolute Gasteiger partial charge is 0.223 e. The van der Waals surface area contributed by atoms with E-state index < -0.39 is 0 Å². The topological polar surface area (TPSA) is 50.4 Å². The summed E-state index contributed by atoms with van der Waals surface area (Å²) in [5, 5.41) is 6.21. The van der Waals surface area contributed by atoms with Gasteiger partial charge in [0, 0.05) is 19.1 Å². The summed E-state index contributed by atoms with van der Waals surface area (Å²) in [4.78, 5) is 12.0. The number of carbonyl (C=O) groups excluding carboxylic acids is 1. The van der Waals surface area contributed by atoms with Crippen LogP contribution in [-0.2, 0) is 22.7 Å². The van der Waals surface area contributed by atoms with E-state index in [1.165, 1.54) is 0 Å². The van der Waals surface area contributed by atoms with E-state index in [1.54, 1.807) is 0 Å². The van der Waals surface area contributed by atoms with Crippen LogP contribution >= 0.6 is 0 Å². The molecule has 1 heterocycles. The summed E-state index contributed by atoms with van der Waals surface area (Å²) in [7, 11) is 0. The summed E-state index contributed by atoms with van der Waals surface area (Å²) in [6.45, 7) is 7.88. The van der Waals surface area contributed by atoms with Crippen LogP contribution in [0.4, 0.5) is 0 Å². The van der Waals surface area contributed by atoms with Crippen molar-refractivity contribution in [1.82, 2.24) is 10.6 Å². The second kappa shape index (κ2) is 7.41. The highest BCUT2D eigenvalue weighted by atomic mass is 16.5. The van der Waals surface area contributed by atoms with Crippen LogP contribution in [0.15, 0.2) is 24.3 Å². The number of hydrogen-bond donors (Lipinski definition) is 2. The quantitative estimate of drug-likeness (QED) is 0.797. The van der Waals surface area contributed by atoms with E-state index in [0.717, 1.165) is 30.8 Å². The normalized spacial score (nSPS) is 16.5. The molecule has 1 atom stereocenters. The van der Waals surface area contributed by atoms with Crippen molar-refractivity contribution in [2.75, 3.05) is 19.7 Å². The zero-order valence-corrected chi connectivity index (χ0v) is 12.3. The minimum absolute atomic E-state index is 0.0912. The van der Waals surface area contributed by atoms with Gasteiger partial charge in [0.15, 0.2) is 0 Å². The maximum absolute atomic E-state index is 12.0. The number of ether oxygens (including phenoxy) is 1. The lowest BCUT2D eigenvalue weighted by molar-refractivity contribution is -0.126. The first-order chi connectivity index (χ1) is 9.70. The molecular formula is C16H24N2O2. The Hall–Kier alpha value is -1.39. The van der Waals surface area contributed by atoms with Gasteiger partial charge in [-0.3, -0.25) is 4.79 Å². The van der Waals surface area contributed by atoms with Gasteiger partial charge in [-0.25, -0.2) is 0 Å². The average Bonchev–Trinajstić information content (AvgIpc) is 2.41. The van der Waals surface area contributed by atoms with Crippen LogP contribution in [0.5, 0.6) is 0 Å². The maximum atomic E-state index is 12.0. The lowest BCUT2D eigenvalue weighted by atomic mass is 9.88. The zero-order chi connectivity index (χ0) is 14.4. The summed E-state index contributed by atoms with van der Waals surface area (Å²) in [6, 6.07) is 8.20. The lowest BCUT2D eigenvalue weighted by Gasteiger charge is -2.31. The van der Waals surface area contributed by atoms with Gasteiger partial charge in [0.25, 0.3) is 0 Å². The van der Waals surface area contributed by atoms with Crippen LogP contribution in [0, 0.1) is 11.8 Å². The monoisotopic (exact) mass is 276 g/mol. The molecular weight excluding hydrogens is 252 g/mol. The van der Waals surface area contributed by atoms with Gasteiger partial charge < -0.3 is 15.4 Å². The molecule has 1 unspecified atom stereocenters. The largest absolute Gasteiger partial charge is 0.377 e. The van der Waals surface area contributed by atoms with Crippen molar-refractivity contribution in [2.45, 2.75) is 27.0 Å². The first-order valence-corrected chi connectivity index (χ1v) is 7.34. The number of carbonyl (C=O) groups is 1. The Morgan fingerprint density at radius 3 is 2.55 bits per heavy atom. The molecule has 0 aromatic heterocycles. The molecule has 0 bridgehead atoms. The van der Waals surface area contributed by atoms with Crippen LogP contribution in [-0.4, -0.2) is 25.6 Å². The van der Waals surface area contributed by atoms with E-state index in [0.29, 0.717) is 19.1 Å². The summed E-state index contributed by atoms with van der Waals surface area (Å²) in [6.07, 6.45) is 0. The molecule has 20 heavy (non-hydrogen) atoms. The van der Waals surface area contributed by atoms with E-state index in [1.807, 2.05) is 26.0 Å². The Morgan fingerprint density at radius 2 is 2.00 bits per heavy atom. The van der Waals surface area contributed by atoms with Crippen molar-refractivity contribution < 1.29 is 9.53 Å². The predicted octanol–water partition coefficient (Wildman–Crippen LogP) is 1.69. The zero-order valence-electron chi connectivity index (χ0n) is 12.3.